The molecule has 0 radical (unpaired) electrons. The van der Waals surface area contributed by atoms with Crippen LogP contribution >= 0.6 is 0 Å². The number of piperidine rings is 1. The Kier molecular flexibility index (Phi) is 3.49. The van der Waals surface area contributed by atoms with E-state index in [2.05, 4.69) is 30.9 Å². The summed E-state index contributed by atoms with van der Waals surface area (Å²) in [5.74, 6) is 1.66. The van der Waals surface area contributed by atoms with E-state index < -0.39 is 0 Å². The minimum atomic E-state index is 0.831. The molecule has 16 heavy (non-hydrogen) atoms. The SMILES string of the molecule is CC1CC(C)CN(Cc2ccc(N)cc2)C1. The van der Waals surface area contributed by atoms with E-state index in [9.17, 15) is 0 Å². The van der Waals surface area contributed by atoms with Gasteiger partial charge in [0.2, 0.25) is 0 Å². The molecular formula is C14H22N2. The molecule has 1 saturated heterocycles. The lowest BCUT2D eigenvalue weighted by Crippen LogP contribution is -2.38. The fraction of sp³-hybridized carbons (Fsp3) is 0.571. The Bertz CT molecular complexity index is 321. The van der Waals surface area contributed by atoms with Crippen molar-refractivity contribution in [1.82, 2.24) is 4.90 Å². The molecule has 1 heterocycles. The molecule has 2 N–H and O–H groups in total. The van der Waals surface area contributed by atoms with E-state index in [1.54, 1.807) is 0 Å². The van der Waals surface area contributed by atoms with Gasteiger partial charge in [0.15, 0.2) is 0 Å². The second-order valence-electron chi connectivity index (χ2n) is 5.38. The van der Waals surface area contributed by atoms with Crippen LogP contribution in [-0.2, 0) is 6.54 Å². The molecule has 88 valence electrons. The van der Waals surface area contributed by atoms with Crippen LogP contribution in [0.2, 0.25) is 0 Å². The van der Waals surface area contributed by atoms with Crippen molar-refractivity contribution in [3.63, 3.8) is 0 Å². The summed E-state index contributed by atoms with van der Waals surface area (Å²) in [6.45, 7) is 8.23. The number of nitrogens with two attached hydrogens (primary N) is 1. The van der Waals surface area contributed by atoms with Crippen LogP contribution in [0.1, 0.15) is 25.8 Å². The molecule has 2 nitrogen and oxygen atoms in total. The van der Waals surface area contributed by atoms with Crippen LogP contribution in [0.5, 0.6) is 0 Å². The largest absolute Gasteiger partial charge is 0.399 e. The van der Waals surface area contributed by atoms with Crippen LogP contribution in [0.3, 0.4) is 0 Å². The van der Waals surface area contributed by atoms with Crippen LogP contribution in [0.15, 0.2) is 24.3 Å². The fourth-order valence-corrected chi connectivity index (χ4v) is 2.80. The van der Waals surface area contributed by atoms with Gasteiger partial charge in [0.05, 0.1) is 0 Å². The zero-order valence-electron chi connectivity index (χ0n) is 10.3. The molecule has 2 heteroatoms. The lowest BCUT2D eigenvalue weighted by molar-refractivity contribution is 0.134. The van der Waals surface area contributed by atoms with Crippen LogP contribution < -0.4 is 5.73 Å². The second kappa shape index (κ2) is 4.88. The van der Waals surface area contributed by atoms with Gasteiger partial charge in [-0.25, -0.2) is 0 Å². The van der Waals surface area contributed by atoms with Crippen molar-refractivity contribution in [3.05, 3.63) is 29.8 Å². The molecule has 2 atom stereocenters. The van der Waals surface area contributed by atoms with Gasteiger partial charge in [0, 0.05) is 25.3 Å². The van der Waals surface area contributed by atoms with Gasteiger partial charge < -0.3 is 5.73 Å². The number of benzene rings is 1. The van der Waals surface area contributed by atoms with Crippen LogP contribution in [-0.4, -0.2) is 18.0 Å². The maximum absolute atomic E-state index is 5.69. The molecule has 0 spiro atoms. The summed E-state index contributed by atoms with van der Waals surface area (Å²) in [6, 6.07) is 8.26. The summed E-state index contributed by atoms with van der Waals surface area (Å²) in [6.07, 6.45) is 1.37. The first-order valence-electron chi connectivity index (χ1n) is 6.20. The van der Waals surface area contributed by atoms with Crippen LogP contribution in [0, 0.1) is 11.8 Å². The standard InChI is InChI=1S/C14H22N2/c1-11-7-12(2)9-16(8-11)10-13-3-5-14(15)6-4-13/h3-6,11-12H,7-10,15H2,1-2H3. The summed E-state index contributed by atoms with van der Waals surface area (Å²) in [5, 5.41) is 0. The molecule has 0 amide bonds. The summed E-state index contributed by atoms with van der Waals surface area (Å²) in [5.41, 5.74) is 7.91. The zero-order valence-corrected chi connectivity index (χ0v) is 10.3. The highest BCUT2D eigenvalue weighted by Crippen LogP contribution is 2.22. The van der Waals surface area contributed by atoms with Gasteiger partial charge in [-0.05, 0) is 36.0 Å². The smallest absolute Gasteiger partial charge is 0.0314 e. The van der Waals surface area contributed by atoms with Crippen molar-refractivity contribution in [2.75, 3.05) is 18.8 Å². The maximum Gasteiger partial charge on any atom is 0.0314 e. The first kappa shape index (κ1) is 11.5. The number of hydrogen-bond donors (Lipinski definition) is 1. The van der Waals surface area contributed by atoms with Gasteiger partial charge in [0.25, 0.3) is 0 Å². The topological polar surface area (TPSA) is 29.3 Å². The van der Waals surface area contributed by atoms with Crippen molar-refractivity contribution in [2.24, 2.45) is 11.8 Å². The van der Waals surface area contributed by atoms with Gasteiger partial charge in [-0.15, -0.1) is 0 Å². The normalized spacial score (nSPS) is 26.9. The highest BCUT2D eigenvalue weighted by atomic mass is 15.1. The highest BCUT2D eigenvalue weighted by Gasteiger charge is 2.21. The maximum atomic E-state index is 5.69. The quantitative estimate of drug-likeness (QED) is 0.773. The lowest BCUT2D eigenvalue weighted by atomic mass is 9.91. The van der Waals surface area contributed by atoms with Gasteiger partial charge in [-0.3, -0.25) is 4.90 Å². The number of rotatable bonds is 2. The molecule has 1 aromatic rings. The van der Waals surface area contributed by atoms with Crippen LogP contribution in [0.25, 0.3) is 0 Å². The van der Waals surface area contributed by atoms with Crippen molar-refractivity contribution >= 4 is 5.69 Å². The highest BCUT2D eigenvalue weighted by molar-refractivity contribution is 5.39. The molecule has 1 aliphatic rings. The monoisotopic (exact) mass is 218 g/mol. The van der Waals surface area contributed by atoms with E-state index in [1.807, 2.05) is 12.1 Å². The van der Waals surface area contributed by atoms with Crippen molar-refractivity contribution in [2.45, 2.75) is 26.8 Å². The van der Waals surface area contributed by atoms with Crippen LogP contribution in [0.4, 0.5) is 5.69 Å². The Labute approximate surface area is 98.4 Å². The summed E-state index contributed by atoms with van der Waals surface area (Å²) >= 11 is 0. The average Bonchev–Trinajstić information content (AvgIpc) is 2.20. The number of nitrogens with zero attached hydrogens (tertiary/aromatic N) is 1. The van der Waals surface area contributed by atoms with E-state index in [0.717, 1.165) is 24.1 Å². The summed E-state index contributed by atoms with van der Waals surface area (Å²) < 4.78 is 0. The lowest BCUT2D eigenvalue weighted by Gasteiger charge is -2.35. The second-order valence-corrected chi connectivity index (χ2v) is 5.38. The number of anilines is 1. The van der Waals surface area contributed by atoms with Gasteiger partial charge in [0.1, 0.15) is 0 Å². The Balaban J connectivity index is 1.96. The zero-order chi connectivity index (χ0) is 11.5. The van der Waals surface area contributed by atoms with Gasteiger partial charge >= 0.3 is 0 Å². The fourth-order valence-electron chi connectivity index (χ4n) is 2.80. The molecular weight excluding hydrogens is 196 g/mol. The van der Waals surface area contributed by atoms with E-state index in [1.165, 1.54) is 25.1 Å². The van der Waals surface area contributed by atoms with Crippen molar-refractivity contribution in [3.8, 4) is 0 Å². The third-order valence-corrected chi connectivity index (χ3v) is 3.33. The Morgan fingerprint density at radius 3 is 2.25 bits per heavy atom. The molecule has 0 saturated carbocycles. The number of hydrogen-bond acceptors (Lipinski definition) is 2. The molecule has 2 unspecified atom stereocenters. The predicted molar refractivity (Wildman–Crippen MR) is 69.1 cm³/mol. The minimum absolute atomic E-state index is 0.831. The summed E-state index contributed by atoms with van der Waals surface area (Å²) in [7, 11) is 0. The Morgan fingerprint density at radius 1 is 1.12 bits per heavy atom. The molecule has 1 aliphatic heterocycles. The van der Waals surface area contributed by atoms with E-state index in [-0.39, 0.29) is 0 Å². The average molecular weight is 218 g/mol. The van der Waals surface area contributed by atoms with E-state index in [0.29, 0.717) is 0 Å². The van der Waals surface area contributed by atoms with Gasteiger partial charge in [-0.2, -0.15) is 0 Å². The Hall–Kier alpha value is -1.02. The predicted octanol–water partition coefficient (Wildman–Crippen LogP) is 2.75. The number of nitrogen functional groups attached to an aromatic ring is 1. The molecule has 2 rings (SSSR count). The Morgan fingerprint density at radius 2 is 1.69 bits per heavy atom. The molecule has 0 aromatic heterocycles. The van der Waals surface area contributed by atoms with E-state index >= 15 is 0 Å². The molecule has 0 aliphatic carbocycles. The third-order valence-electron chi connectivity index (χ3n) is 3.33. The molecule has 1 fully saturated rings. The summed E-state index contributed by atoms with van der Waals surface area (Å²) in [4.78, 5) is 2.56. The van der Waals surface area contributed by atoms with Crippen molar-refractivity contribution in [1.29, 1.82) is 0 Å². The van der Waals surface area contributed by atoms with Crippen molar-refractivity contribution < 1.29 is 0 Å². The van der Waals surface area contributed by atoms with Gasteiger partial charge in [-0.1, -0.05) is 26.0 Å². The molecule has 0 bridgehead atoms. The minimum Gasteiger partial charge on any atom is -0.399 e. The first-order chi connectivity index (χ1) is 7.63. The number of likely N-dealkylation sites (tertiary alicyclic amines) is 1. The molecule has 1 aromatic carbocycles. The third kappa shape index (κ3) is 2.99. The van der Waals surface area contributed by atoms with E-state index in [4.69, 9.17) is 5.73 Å². The first-order valence-corrected chi connectivity index (χ1v) is 6.20.